The Bertz CT molecular complexity index is 975. The van der Waals surface area contributed by atoms with E-state index in [1.165, 1.54) is 6.21 Å². The van der Waals surface area contributed by atoms with Crippen LogP contribution in [0, 0.1) is 5.41 Å². The first-order valence-electron chi connectivity index (χ1n) is 9.64. The zero-order valence-corrected chi connectivity index (χ0v) is 17.1. The lowest BCUT2D eigenvalue weighted by atomic mass is 9.77. The zero-order valence-electron chi connectivity index (χ0n) is 17.1. The van der Waals surface area contributed by atoms with Crippen LogP contribution in [-0.2, 0) is 11.3 Å². The molecule has 1 aliphatic carbocycles. The van der Waals surface area contributed by atoms with Gasteiger partial charge in [0.2, 0.25) is 0 Å². The number of amides is 1. The standard InChI is InChI=1S/C24H26N2O3/c1-24(2)13-21(27)20(22(28)14-24)15-25-19-11-7-10-18(12-19)23(29)26(3)16-17-8-5-4-6-9-17/h4-12,15,27H,13-14,16H2,1-3H3. The number of allylic oxidation sites excluding steroid dienone is 2. The summed E-state index contributed by atoms with van der Waals surface area (Å²) in [6.45, 7) is 4.42. The third-order valence-corrected chi connectivity index (χ3v) is 4.94. The molecule has 5 heteroatoms. The van der Waals surface area contributed by atoms with E-state index in [-0.39, 0.29) is 28.4 Å². The molecule has 2 aromatic carbocycles. The molecule has 5 nitrogen and oxygen atoms in total. The van der Waals surface area contributed by atoms with Crippen LogP contribution in [0.4, 0.5) is 5.69 Å². The van der Waals surface area contributed by atoms with Crippen LogP contribution in [0.3, 0.4) is 0 Å². The minimum absolute atomic E-state index is 0.0739. The van der Waals surface area contributed by atoms with Crippen molar-refractivity contribution in [3.05, 3.63) is 77.1 Å². The van der Waals surface area contributed by atoms with Crippen LogP contribution < -0.4 is 0 Å². The molecule has 0 radical (unpaired) electrons. The summed E-state index contributed by atoms with van der Waals surface area (Å²) in [5, 5.41) is 10.2. The maximum Gasteiger partial charge on any atom is 0.253 e. The molecule has 0 aromatic heterocycles. The summed E-state index contributed by atoms with van der Waals surface area (Å²) in [6, 6.07) is 16.7. The minimum Gasteiger partial charge on any atom is -0.511 e. The van der Waals surface area contributed by atoms with Crippen molar-refractivity contribution in [3.63, 3.8) is 0 Å². The van der Waals surface area contributed by atoms with E-state index in [4.69, 9.17) is 0 Å². The number of hydrogen-bond acceptors (Lipinski definition) is 4. The fourth-order valence-corrected chi connectivity index (χ4v) is 3.46. The molecule has 0 saturated carbocycles. The van der Waals surface area contributed by atoms with Gasteiger partial charge in [0.15, 0.2) is 5.78 Å². The molecule has 0 bridgehead atoms. The maximum absolute atomic E-state index is 12.8. The number of carbonyl (C=O) groups is 2. The Morgan fingerprint density at radius 1 is 1.14 bits per heavy atom. The Hall–Kier alpha value is -3.21. The highest BCUT2D eigenvalue weighted by atomic mass is 16.3. The average molecular weight is 390 g/mol. The third-order valence-electron chi connectivity index (χ3n) is 4.94. The van der Waals surface area contributed by atoms with Crippen LogP contribution in [0.2, 0.25) is 0 Å². The quantitative estimate of drug-likeness (QED) is 0.741. The summed E-state index contributed by atoms with van der Waals surface area (Å²) >= 11 is 0. The highest BCUT2D eigenvalue weighted by Gasteiger charge is 2.32. The molecule has 0 heterocycles. The summed E-state index contributed by atoms with van der Waals surface area (Å²) < 4.78 is 0. The van der Waals surface area contributed by atoms with Gasteiger partial charge in [-0.05, 0) is 29.2 Å². The minimum atomic E-state index is -0.242. The zero-order chi connectivity index (χ0) is 21.0. The molecule has 0 aliphatic heterocycles. The molecular formula is C24H26N2O3. The van der Waals surface area contributed by atoms with E-state index < -0.39 is 0 Å². The van der Waals surface area contributed by atoms with Crippen molar-refractivity contribution in [1.82, 2.24) is 4.90 Å². The molecule has 2 aromatic rings. The monoisotopic (exact) mass is 390 g/mol. The molecule has 0 fully saturated rings. The van der Waals surface area contributed by atoms with Gasteiger partial charge in [0.25, 0.3) is 5.91 Å². The van der Waals surface area contributed by atoms with Gasteiger partial charge in [0.05, 0.1) is 11.3 Å². The summed E-state index contributed by atoms with van der Waals surface area (Å²) in [6.07, 6.45) is 2.23. The second-order valence-electron chi connectivity index (χ2n) is 8.26. The lowest BCUT2D eigenvalue weighted by molar-refractivity contribution is -0.117. The molecule has 0 saturated heterocycles. The molecular weight excluding hydrogens is 364 g/mol. The normalized spacial score (nSPS) is 16.3. The van der Waals surface area contributed by atoms with E-state index in [2.05, 4.69) is 4.99 Å². The van der Waals surface area contributed by atoms with E-state index in [0.29, 0.717) is 30.6 Å². The van der Waals surface area contributed by atoms with Crippen LogP contribution in [-0.4, -0.2) is 35.0 Å². The molecule has 1 N–H and O–H groups in total. The maximum atomic E-state index is 12.8. The number of carbonyl (C=O) groups excluding carboxylic acids is 2. The van der Waals surface area contributed by atoms with Crippen LogP contribution in [0.1, 0.15) is 42.6 Å². The van der Waals surface area contributed by atoms with Gasteiger partial charge in [-0.1, -0.05) is 50.2 Å². The van der Waals surface area contributed by atoms with E-state index in [1.54, 1.807) is 36.2 Å². The van der Waals surface area contributed by atoms with Crippen molar-refractivity contribution in [1.29, 1.82) is 0 Å². The number of benzene rings is 2. The van der Waals surface area contributed by atoms with E-state index >= 15 is 0 Å². The van der Waals surface area contributed by atoms with Gasteiger partial charge in [-0.2, -0.15) is 0 Å². The lowest BCUT2D eigenvalue weighted by Gasteiger charge is -2.28. The van der Waals surface area contributed by atoms with E-state index in [9.17, 15) is 14.7 Å². The Kier molecular flexibility index (Phi) is 5.97. The highest BCUT2D eigenvalue weighted by molar-refractivity contribution is 6.15. The van der Waals surface area contributed by atoms with Gasteiger partial charge >= 0.3 is 0 Å². The number of Topliss-reactive ketones (excluding diaryl/α,β-unsaturated/α-hetero) is 1. The van der Waals surface area contributed by atoms with Gasteiger partial charge < -0.3 is 10.0 Å². The molecule has 150 valence electrons. The predicted molar refractivity (Wildman–Crippen MR) is 115 cm³/mol. The second kappa shape index (κ2) is 8.43. The molecule has 0 atom stereocenters. The van der Waals surface area contributed by atoms with Gasteiger partial charge in [-0.3, -0.25) is 14.6 Å². The summed E-state index contributed by atoms with van der Waals surface area (Å²) in [5.41, 5.74) is 2.14. The Labute approximate surface area is 171 Å². The summed E-state index contributed by atoms with van der Waals surface area (Å²) in [5.74, 6) is -0.148. The topological polar surface area (TPSA) is 70.0 Å². The number of aliphatic hydroxyl groups is 1. The average Bonchev–Trinajstić information content (AvgIpc) is 2.67. The van der Waals surface area contributed by atoms with Crippen molar-refractivity contribution in [2.24, 2.45) is 10.4 Å². The van der Waals surface area contributed by atoms with Crippen molar-refractivity contribution in [2.75, 3.05) is 7.05 Å². The first-order valence-corrected chi connectivity index (χ1v) is 9.64. The molecule has 1 amide bonds. The van der Waals surface area contributed by atoms with Gasteiger partial charge in [0, 0.05) is 38.2 Å². The highest BCUT2D eigenvalue weighted by Crippen LogP contribution is 2.35. The number of aliphatic imine (C=N–C) groups is 1. The van der Waals surface area contributed by atoms with E-state index in [0.717, 1.165) is 5.56 Å². The predicted octanol–water partition coefficient (Wildman–Crippen LogP) is 4.86. The molecule has 0 spiro atoms. The number of aliphatic hydroxyl groups excluding tert-OH is 1. The Morgan fingerprint density at radius 3 is 2.55 bits per heavy atom. The Balaban J connectivity index is 1.75. The smallest absolute Gasteiger partial charge is 0.253 e. The van der Waals surface area contributed by atoms with Gasteiger partial charge in [0.1, 0.15) is 5.76 Å². The van der Waals surface area contributed by atoms with Crippen molar-refractivity contribution in [3.8, 4) is 0 Å². The SMILES string of the molecule is CN(Cc1ccccc1)C(=O)c1cccc(N=CC2=C(O)CC(C)(C)CC2=O)c1. The van der Waals surface area contributed by atoms with Crippen LogP contribution in [0.5, 0.6) is 0 Å². The molecule has 29 heavy (non-hydrogen) atoms. The second-order valence-corrected chi connectivity index (χ2v) is 8.26. The van der Waals surface area contributed by atoms with Crippen molar-refractivity contribution < 1.29 is 14.7 Å². The first kappa shape index (κ1) is 20.5. The van der Waals surface area contributed by atoms with Crippen molar-refractivity contribution in [2.45, 2.75) is 33.2 Å². The third kappa shape index (κ3) is 5.19. The first-order chi connectivity index (χ1) is 13.7. The number of rotatable bonds is 5. The van der Waals surface area contributed by atoms with E-state index in [1.807, 2.05) is 44.2 Å². The fourth-order valence-electron chi connectivity index (χ4n) is 3.46. The largest absolute Gasteiger partial charge is 0.511 e. The summed E-state index contributed by atoms with van der Waals surface area (Å²) in [4.78, 5) is 31.0. The number of nitrogens with zero attached hydrogens (tertiary/aromatic N) is 2. The van der Waals surface area contributed by atoms with Gasteiger partial charge in [-0.25, -0.2) is 0 Å². The van der Waals surface area contributed by atoms with Crippen LogP contribution in [0.15, 0.2) is 70.9 Å². The van der Waals surface area contributed by atoms with Crippen LogP contribution >= 0.6 is 0 Å². The van der Waals surface area contributed by atoms with Crippen LogP contribution in [0.25, 0.3) is 0 Å². The number of hydrogen-bond donors (Lipinski definition) is 1. The summed E-state index contributed by atoms with van der Waals surface area (Å²) in [7, 11) is 1.76. The molecule has 3 rings (SSSR count). The van der Waals surface area contributed by atoms with Gasteiger partial charge in [-0.15, -0.1) is 0 Å². The molecule has 1 aliphatic rings. The number of ketones is 1. The fraction of sp³-hybridized carbons (Fsp3) is 0.292. The molecule has 0 unspecified atom stereocenters. The van der Waals surface area contributed by atoms with Crippen molar-refractivity contribution >= 4 is 23.6 Å². The Morgan fingerprint density at radius 2 is 1.86 bits per heavy atom. The lowest BCUT2D eigenvalue weighted by Crippen LogP contribution is -2.26.